The van der Waals surface area contributed by atoms with Gasteiger partial charge in [-0.2, -0.15) is 5.10 Å². The predicted octanol–water partition coefficient (Wildman–Crippen LogP) is 5.85. The van der Waals surface area contributed by atoms with Crippen molar-refractivity contribution in [2.75, 3.05) is 41.5 Å². The first-order valence-corrected chi connectivity index (χ1v) is 15.7. The Morgan fingerprint density at radius 3 is 2.32 bits per heavy atom. The predicted molar refractivity (Wildman–Crippen MR) is 181 cm³/mol. The van der Waals surface area contributed by atoms with E-state index in [-0.39, 0.29) is 17.9 Å². The monoisotopic (exact) mass is 638 g/mol. The first-order chi connectivity index (χ1) is 22.7. The zero-order valence-electron chi connectivity index (χ0n) is 27.6. The van der Waals surface area contributed by atoms with Crippen LogP contribution in [-0.2, 0) is 20.7 Å². The number of benzene rings is 3. The summed E-state index contributed by atoms with van der Waals surface area (Å²) >= 11 is 0. The van der Waals surface area contributed by atoms with Crippen LogP contribution >= 0.6 is 0 Å². The highest BCUT2D eigenvalue weighted by molar-refractivity contribution is 6.24. The highest BCUT2D eigenvalue weighted by Crippen LogP contribution is 2.33. The van der Waals surface area contributed by atoms with Gasteiger partial charge in [0.25, 0.3) is 5.91 Å². The number of amides is 2. The smallest absolute Gasteiger partial charge is 0.253 e. The molecule has 0 bridgehead atoms. The number of para-hydroxylation sites is 1. The Bertz CT molecular complexity index is 1680. The Kier molecular flexibility index (Phi) is 11.0. The van der Waals surface area contributed by atoms with Crippen LogP contribution in [0.3, 0.4) is 0 Å². The Morgan fingerprint density at radius 2 is 1.70 bits per heavy atom. The molecule has 2 heterocycles. The topological polar surface area (TPSA) is 104 Å². The Labute approximate surface area is 275 Å². The largest absolute Gasteiger partial charge is 0.497 e. The second-order valence-corrected chi connectivity index (χ2v) is 11.6. The fraction of sp³-hybridized carbons (Fsp3) is 0.324. The van der Waals surface area contributed by atoms with E-state index in [2.05, 4.69) is 5.32 Å². The van der Waals surface area contributed by atoms with Crippen LogP contribution in [0.25, 0.3) is 17.3 Å². The molecule has 10 heteroatoms. The van der Waals surface area contributed by atoms with Crippen LogP contribution in [0, 0.1) is 6.92 Å². The first kappa shape index (κ1) is 33.3. The minimum atomic E-state index is -0.154. The van der Waals surface area contributed by atoms with Gasteiger partial charge < -0.3 is 29.2 Å². The lowest BCUT2D eigenvalue weighted by molar-refractivity contribution is -0.123. The maximum Gasteiger partial charge on any atom is 0.253 e. The fourth-order valence-electron chi connectivity index (χ4n) is 5.44. The molecule has 1 N–H and O–H groups in total. The number of aryl methyl sites for hydroxylation is 1. The van der Waals surface area contributed by atoms with Crippen LogP contribution in [0.5, 0.6) is 23.1 Å². The number of carbonyl (C=O) groups excluding carboxylic acids is 2. The summed E-state index contributed by atoms with van der Waals surface area (Å²) < 4.78 is 24.8. The molecule has 1 atom stereocenters. The van der Waals surface area contributed by atoms with Crippen LogP contribution in [0.1, 0.15) is 41.6 Å². The summed E-state index contributed by atoms with van der Waals surface area (Å²) in [5.74, 6) is 2.15. The van der Waals surface area contributed by atoms with Gasteiger partial charge in [-0.1, -0.05) is 30.3 Å². The second-order valence-electron chi connectivity index (χ2n) is 11.6. The molecule has 0 radical (unpaired) electrons. The van der Waals surface area contributed by atoms with E-state index in [1.165, 1.54) is 4.90 Å². The van der Waals surface area contributed by atoms with Crippen molar-refractivity contribution in [3.05, 3.63) is 95.2 Å². The number of nitrogens with one attached hydrogen (secondary N) is 1. The molecule has 1 aliphatic heterocycles. The van der Waals surface area contributed by atoms with Gasteiger partial charge in [0.05, 0.1) is 31.7 Å². The molecule has 47 heavy (non-hydrogen) atoms. The number of nitrogens with zero attached hydrogens (tertiary/aromatic N) is 3. The minimum Gasteiger partial charge on any atom is -0.497 e. The summed E-state index contributed by atoms with van der Waals surface area (Å²) in [6.07, 6.45) is 4.65. The third-order valence-electron chi connectivity index (χ3n) is 7.99. The van der Waals surface area contributed by atoms with E-state index in [1.807, 2.05) is 79.7 Å². The number of hydrogen-bond donors (Lipinski definition) is 1. The fourth-order valence-corrected chi connectivity index (χ4v) is 5.44. The first-order valence-electron chi connectivity index (χ1n) is 15.7. The van der Waals surface area contributed by atoms with Gasteiger partial charge in [-0.15, -0.1) is 0 Å². The van der Waals surface area contributed by atoms with Gasteiger partial charge in [0.1, 0.15) is 17.2 Å². The molecular weight excluding hydrogens is 596 g/mol. The van der Waals surface area contributed by atoms with Crippen LogP contribution in [0.2, 0.25) is 0 Å². The molecule has 0 saturated carbocycles. The number of carbonyl (C=O) groups is 2. The molecule has 0 spiro atoms. The summed E-state index contributed by atoms with van der Waals surface area (Å²) in [7, 11) is 6.62. The number of likely N-dealkylation sites (N-methyl/N-ethyl adjacent to an activating group) is 1. The number of ether oxygens (including phenoxy) is 4. The standard InChI is InChI=1S/C37H42N4O6/c1-25-33(17-18-35(42)38-24-30-12-9-19-46-30)37(41(39-25)28-10-7-6-8-11-28)47-29-15-13-27(14-16-29)34(36(43)40(2)3)22-26-20-31(44-4)23-32(21-26)45-5/h6-8,10-11,13-16,20-23,30H,9,12,17-19,24H2,1-5H3,(H,38,42). The summed E-state index contributed by atoms with van der Waals surface area (Å²) in [6, 6.07) is 22.6. The van der Waals surface area contributed by atoms with Gasteiger partial charge in [-0.3, -0.25) is 9.59 Å². The van der Waals surface area contributed by atoms with Gasteiger partial charge in [0, 0.05) is 50.9 Å². The zero-order valence-corrected chi connectivity index (χ0v) is 27.6. The van der Waals surface area contributed by atoms with Gasteiger partial charge in [-0.05, 0) is 79.8 Å². The number of aromatic nitrogens is 2. The maximum absolute atomic E-state index is 13.3. The molecule has 246 valence electrons. The molecule has 4 aromatic rings. The van der Waals surface area contributed by atoms with Crippen molar-refractivity contribution in [3.8, 4) is 28.8 Å². The summed E-state index contributed by atoms with van der Waals surface area (Å²) in [4.78, 5) is 27.6. The molecule has 5 rings (SSSR count). The molecular formula is C37H42N4O6. The average molecular weight is 639 g/mol. The van der Waals surface area contributed by atoms with E-state index in [1.54, 1.807) is 39.1 Å². The van der Waals surface area contributed by atoms with Gasteiger partial charge in [0.15, 0.2) is 0 Å². The van der Waals surface area contributed by atoms with E-state index in [0.717, 1.165) is 42.0 Å². The van der Waals surface area contributed by atoms with E-state index in [9.17, 15) is 9.59 Å². The van der Waals surface area contributed by atoms with Crippen molar-refractivity contribution in [2.45, 2.75) is 38.7 Å². The molecule has 1 unspecified atom stereocenters. The lowest BCUT2D eigenvalue weighted by Crippen LogP contribution is -2.31. The van der Waals surface area contributed by atoms with E-state index in [4.69, 9.17) is 24.0 Å². The van der Waals surface area contributed by atoms with Gasteiger partial charge in [0.2, 0.25) is 11.8 Å². The van der Waals surface area contributed by atoms with Gasteiger partial charge in [-0.25, -0.2) is 4.68 Å². The van der Waals surface area contributed by atoms with E-state index in [0.29, 0.717) is 53.7 Å². The van der Waals surface area contributed by atoms with Crippen LogP contribution in [0.4, 0.5) is 0 Å². The Balaban J connectivity index is 1.42. The normalized spacial score (nSPS) is 14.5. The summed E-state index contributed by atoms with van der Waals surface area (Å²) in [5.41, 5.74) is 4.44. The summed E-state index contributed by atoms with van der Waals surface area (Å²) in [5, 5.41) is 7.79. The van der Waals surface area contributed by atoms with Crippen molar-refractivity contribution in [3.63, 3.8) is 0 Å². The third kappa shape index (κ3) is 8.39. The Hall–Kier alpha value is -5.09. The quantitative estimate of drug-likeness (QED) is 0.145. The van der Waals surface area contributed by atoms with Crippen LogP contribution < -0.4 is 19.5 Å². The van der Waals surface area contributed by atoms with Crippen molar-refractivity contribution in [1.82, 2.24) is 20.0 Å². The molecule has 1 fully saturated rings. The Morgan fingerprint density at radius 1 is 1.00 bits per heavy atom. The molecule has 1 aliphatic rings. The van der Waals surface area contributed by atoms with Crippen molar-refractivity contribution >= 4 is 23.5 Å². The zero-order chi connectivity index (χ0) is 33.3. The lowest BCUT2D eigenvalue weighted by Gasteiger charge is -2.16. The van der Waals surface area contributed by atoms with E-state index < -0.39 is 0 Å². The molecule has 0 aliphatic carbocycles. The highest BCUT2D eigenvalue weighted by atomic mass is 16.5. The molecule has 10 nitrogen and oxygen atoms in total. The summed E-state index contributed by atoms with van der Waals surface area (Å²) in [6.45, 7) is 3.20. The number of methoxy groups -OCH3 is 2. The van der Waals surface area contributed by atoms with Crippen molar-refractivity contribution < 1.29 is 28.5 Å². The van der Waals surface area contributed by atoms with Crippen LogP contribution in [-0.4, -0.2) is 74.1 Å². The highest BCUT2D eigenvalue weighted by Gasteiger charge is 2.22. The average Bonchev–Trinajstić information content (AvgIpc) is 3.73. The number of rotatable bonds is 13. The molecule has 2 amide bonds. The van der Waals surface area contributed by atoms with Crippen molar-refractivity contribution in [2.24, 2.45) is 0 Å². The second kappa shape index (κ2) is 15.5. The van der Waals surface area contributed by atoms with Crippen LogP contribution in [0.15, 0.2) is 72.8 Å². The lowest BCUT2D eigenvalue weighted by atomic mass is 10.0. The maximum atomic E-state index is 13.3. The van der Waals surface area contributed by atoms with E-state index >= 15 is 0 Å². The molecule has 3 aromatic carbocycles. The number of hydrogen-bond acceptors (Lipinski definition) is 7. The third-order valence-corrected chi connectivity index (χ3v) is 7.99. The molecule has 1 saturated heterocycles. The molecule has 1 aromatic heterocycles. The SMILES string of the molecule is COc1cc(C=C(C(=O)N(C)C)c2ccc(Oc3c(CCC(=O)NCC4CCCO4)c(C)nn3-c3ccccc3)cc2)cc(OC)c1. The minimum absolute atomic E-state index is 0.0406. The van der Waals surface area contributed by atoms with Gasteiger partial charge >= 0.3 is 0 Å². The van der Waals surface area contributed by atoms with Crippen molar-refractivity contribution in [1.29, 1.82) is 0 Å².